The standard InChI is InChI=1S/C16H23N3O4.ClH/c17-10-15(12-4-2-1-3-5-12)18-16(20)11-23-14-8-6-13(7-9-14)19(21)22;/h6-9,12,15H,1-5,10-11,17H2,(H,18,20);1H. The van der Waals surface area contributed by atoms with Crippen molar-refractivity contribution in [2.45, 2.75) is 38.1 Å². The molecule has 8 heteroatoms. The Morgan fingerprint density at radius 1 is 1.29 bits per heavy atom. The Morgan fingerprint density at radius 2 is 1.92 bits per heavy atom. The average molecular weight is 358 g/mol. The van der Waals surface area contributed by atoms with Gasteiger partial charge >= 0.3 is 0 Å². The predicted octanol–water partition coefficient (Wildman–Crippen LogP) is 2.42. The van der Waals surface area contributed by atoms with E-state index in [9.17, 15) is 14.9 Å². The van der Waals surface area contributed by atoms with E-state index in [2.05, 4.69) is 5.32 Å². The van der Waals surface area contributed by atoms with Gasteiger partial charge in [0.25, 0.3) is 11.6 Å². The molecular weight excluding hydrogens is 334 g/mol. The number of carbonyl (C=O) groups excluding carboxylic acids is 1. The lowest BCUT2D eigenvalue weighted by Crippen LogP contribution is -2.47. The highest BCUT2D eigenvalue weighted by Gasteiger charge is 2.24. The Balaban J connectivity index is 0.00000288. The van der Waals surface area contributed by atoms with Crippen LogP contribution >= 0.6 is 12.4 Å². The van der Waals surface area contributed by atoms with Gasteiger partial charge in [0.15, 0.2) is 6.61 Å². The molecule has 0 heterocycles. The zero-order valence-corrected chi connectivity index (χ0v) is 14.3. The molecule has 2 rings (SSSR count). The summed E-state index contributed by atoms with van der Waals surface area (Å²) in [6, 6.07) is 5.64. The topological polar surface area (TPSA) is 107 Å². The van der Waals surface area contributed by atoms with E-state index in [1.54, 1.807) is 0 Å². The van der Waals surface area contributed by atoms with E-state index in [-0.39, 0.29) is 36.7 Å². The number of nitrogens with two attached hydrogens (primary N) is 1. The molecule has 1 fully saturated rings. The number of hydrogen-bond donors (Lipinski definition) is 2. The quantitative estimate of drug-likeness (QED) is 0.575. The first-order valence-electron chi connectivity index (χ1n) is 7.97. The van der Waals surface area contributed by atoms with Crippen LogP contribution in [0.2, 0.25) is 0 Å². The second kappa shape index (κ2) is 10.1. The number of non-ortho nitro benzene ring substituents is 1. The van der Waals surface area contributed by atoms with Crippen molar-refractivity contribution in [3.8, 4) is 5.75 Å². The van der Waals surface area contributed by atoms with Crippen LogP contribution in [0.5, 0.6) is 5.75 Å². The van der Waals surface area contributed by atoms with Crippen LogP contribution in [0.4, 0.5) is 5.69 Å². The first kappa shape index (κ1) is 20.2. The number of ether oxygens (including phenoxy) is 1. The summed E-state index contributed by atoms with van der Waals surface area (Å²) in [7, 11) is 0. The van der Waals surface area contributed by atoms with Gasteiger partial charge in [-0.15, -0.1) is 12.4 Å². The monoisotopic (exact) mass is 357 g/mol. The molecular formula is C16H24ClN3O4. The zero-order valence-electron chi connectivity index (χ0n) is 13.5. The molecule has 1 atom stereocenters. The number of carbonyl (C=O) groups is 1. The molecule has 0 saturated heterocycles. The number of rotatable bonds is 7. The molecule has 3 N–H and O–H groups in total. The first-order valence-corrected chi connectivity index (χ1v) is 7.97. The normalized spacial score (nSPS) is 15.9. The molecule has 1 unspecified atom stereocenters. The summed E-state index contributed by atoms with van der Waals surface area (Å²) in [6.07, 6.45) is 5.84. The van der Waals surface area contributed by atoms with Crippen molar-refractivity contribution in [3.05, 3.63) is 34.4 Å². The fraction of sp³-hybridized carbons (Fsp3) is 0.562. The lowest BCUT2D eigenvalue weighted by Gasteiger charge is -2.30. The van der Waals surface area contributed by atoms with Crippen molar-refractivity contribution in [2.75, 3.05) is 13.2 Å². The third-order valence-electron chi connectivity index (χ3n) is 4.24. The summed E-state index contributed by atoms with van der Waals surface area (Å²) in [5.41, 5.74) is 5.77. The SMILES string of the molecule is Cl.NCC(NC(=O)COc1ccc([N+](=O)[O-])cc1)C1CCCCC1. The van der Waals surface area contributed by atoms with Crippen molar-refractivity contribution in [3.63, 3.8) is 0 Å². The molecule has 0 spiro atoms. The maximum Gasteiger partial charge on any atom is 0.269 e. The van der Waals surface area contributed by atoms with Crippen LogP contribution in [0.1, 0.15) is 32.1 Å². The smallest absolute Gasteiger partial charge is 0.269 e. The molecule has 1 saturated carbocycles. The Bertz CT molecular complexity index is 533. The molecule has 7 nitrogen and oxygen atoms in total. The molecule has 1 aliphatic rings. The largest absolute Gasteiger partial charge is 0.484 e. The first-order chi connectivity index (χ1) is 11.1. The van der Waals surface area contributed by atoms with Gasteiger partial charge in [0.05, 0.1) is 4.92 Å². The van der Waals surface area contributed by atoms with E-state index in [1.165, 1.54) is 43.5 Å². The molecule has 0 radical (unpaired) electrons. The van der Waals surface area contributed by atoms with Gasteiger partial charge in [-0.25, -0.2) is 0 Å². The summed E-state index contributed by atoms with van der Waals surface area (Å²) in [6.45, 7) is 0.301. The van der Waals surface area contributed by atoms with Crippen LogP contribution in [0.25, 0.3) is 0 Å². The van der Waals surface area contributed by atoms with Crippen molar-refractivity contribution in [2.24, 2.45) is 11.7 Å². The fourth-order valence-electron chi connectivity index (χ4n) is 2.97. The van der Waals surface area contributed by atoms with Crippen molar-refractivity contribution < 1.29 is 14.5 Å². The molecule has 134 valence electrons. The summed E-state index contributed by atoms with van der Waals surface area (Å²) in [4.78, 5) is 22.1. The molecule has 24 heavy (non-hydrogen) atoms. The van der Waals surface area contributed by atoms with Crippen molar-refractivity contribution in [1.29, 1.82) is 0 Å². The van der Waals surface area contributed by atoms with E-state index in [0.29, 0.717) is 18.2 Å². The van der Waals surface area contributed by atoms with Gasteiger partial charge in [-0.1, -0.05) is 19.3 Å². The summed E-state index contributed by atoms with van der Waals surface area (Å²) >= 11 is 0. The number of halogens is 1. The number of nitro groups is 1. The summed E-state index contributed by atoms with van der Waals surface area (Å²) < 4.78 is 5.36. The van der Waals surface area contributed by atoms with Gasteiger partial charge in [0.2, 0.25) is 0 Å². The van der Waals surface area contributed by atoms with E-state index in [0.717, 1.165) is 12.8 Å². The highest BCUT2D eigenvalue weighted by molar-refractivity contribution is 5.85. The van der Waals surface area contributed by atoms with E-state index in [4.69, 9.17) is 10.5 Å². The minimum absolute atomic E-state index is 0. The van der Waals surface area contributed by atoms with E-state index >= 15 is 0 Å². The number of amides is 1. The van der Waals surface area contributed by atoms with Crippen molar-refractivity contribution >= 4 is 24.0 Å². The van der Waals surface area contributed by atoms with Crippen LogP contribution in [0.15, 0.2) is 24.3 Å². The Hall–Kier alpha value is -1.86. The highest BCUT2D eigenvalue weighted by Crippen LogP contribution is 2.26. The summed E-state index contributed by atoms with van der Waals surface area (Å²) in [5, 5.41) is 13.5. The lowest BCUT2D eigenvalue weighted by molar-refractivity contribution is -0.384. The maximum atomic E-state index is 12.0. The minimum atomic E-state index is -0.480. The van der Waals surface area contributed by atoms with Crippen LogP contribution in [0, 0.1) is 16.0 Å². The second-order valence-electron chi connectivity index (χ2n) is 5.85. The predicted molar refractivity (Wildman–Crippen MR) is 93.4 cm³/mol. The van der Waals surface area contributed by atoms with E-state index < -0.39 is 4.92 Å². The third-order valence-corrected chi connectivity index (χ3v) is 4.24. The Kier molecular flexibility index (Phi) is 8.49. The molecule has 0 bridgehead atoms. The number of nitro benzene ring substituents is 1. The number of hydrogen-bond acceptors (Lipinski definition) is 5. The van der Waals surface area contributed by atoms with Crippen LogP contribution in [0.3, 0.4) is 0 Å². The zero-order chi connectivity index (χ0) is 16.7. The molecule has 1 aliphatic carbocycles. The van der Waals surface area contributed by atoms with Gasteiger partial charge in [-0.2, -0.15) is 0 Å². The molecule has 0 aliphatic heterocycles. The van der Waals surface area contributed by atoms with Gasteiger partial charge in [0.1, 0.15) is 5.75 Å². The third kappa shape index (κ3) is 5.98. The molecule has 0 aromatic heterocycles. The van der Waals surface area contributed by atoms with Gasteiger partial charge in [0, 0.05) is 24.7 Å². The average Bonchev–Trinajstić information content (AvgIpc) is 2.59. The van der Waals surface area contributed by atoms with Gasteiger partial charge < -0.3 is 15.8 Å². The minimum Gasteiger partial charge on any atom is -0.484 e. The van der Waals surface area contributed by atoms with Crippen LogP contribution in [-0.2, 0) is 4.79 Å². The van der Waals surface area contributed by atoms with E-state index in [1.807, 2.05) is 0 Å². The lowest BCUT2D eigenvalue weighted by atomic mass is 9.84. The summed E-state index contributed by atoms with van der Waals surface area (Å²) in [5.74, 6) is 0.647. The molecule has 1 aromatic carbocycles. The van der Waals surface area contributed by atoms with Crippen LogP contribution < -0.4 is 15.8 Å². The molecule has 1 amide bonds. The highest BCUT2D eigenvalue weighted by atomic mass is 35.5. The van der Waals surface area contributed by atoms with Gasteiger partial charge in [-0.05, 0) is 30.9 Å². The Labute approximate surface area is 147 Å². The maximum absolute atomic E-state index is 12.0. The fourth-order valence-corrected chi connectivity index (χ4v) is 2.97. The number of nitrogens with zero attached hydrogens (tertiary/aromatic N) is 1. The number of benzene rings is 1. The molecule has 1 aromatic rings. The van der Waals surface area contributed by atoms with Gasteiger partial charge in [-0.3, -0.25) is 14.9 Å². The van der Waals surface area contributed by atoms with Crippen molar-refractivity contribution in [1.82, 2.24) is 5.32 Å². The second-order valence-corrected chi connectivity index (χ2v) is 5.85. The Morgan fingerprint density at radius 3 is 2.46 bits per heavy atom. The van der Waals surface area contributed by atoms with Crippen LogP contribution in [-0.4, -0.2) is 30.0 Å². The number of nitrogens with one attached hydrogen (secondary N) is 1.